The van der Waals surface area contributed by atoms with Crippen molar-refractivity contribution in [2.75, 3.05) is 6.61 Å². The average Bonchev–Trinajstić information content (AvgIpc) is 2.76. The summed E-state index contributed by atoms with van der Waals surface area (Å²) in [6.45, 7) is 6.35. The van der Waals surface area contributed by atoms with Gasteiger partial charge in [0, 0.05) is 12.0 Å². The number of benzene rings is 1. The summed E-state index contributed by atoms with van der Waals surface area (Å²) in [6.07, 6.45) is 0.606. The quantitative estimate of drug-likeness (QED) is 0.691. The van der Waals surface area contributed by atoms with Crippen LogP contribution in [-0.4, -0.2) is 23.1 Å². The zero-order chi connectivity index (χ0) is 12.0. The first kappa shape index (κ1) is 10.5. The second kappa shape index (κ2) is 3.44. The molecule has 2 unspecified atom stereocenters. The molecule has 0 N–H and O–H groups in total. The molecule has 17 heavy (non-hydrogen) atoms. The second-order valence-corrected chi connectivity index (χ2v) is 4.87. The minimum absolute atomic E-state index is 0.0212. The molecule has 2 atom stereocenters. The lowest BCUT2D eigenvalue weighted by Gasteiger charge is -2.29. The van der Waals surface area contributed by atoms with Gasteiger partial charge in [0.25, 0.3) is 5.91 Å². The van der Waals surface area contributed by atoms with Crippen LogP contribution in [0.2, 0.25) is 0 Å². The van der Waals surface area contributed by atoms with E-state index in [1.165, 1.54) is 0 Å². The molecule has 3 heteroatoms. The topological polar surface area (TPSA) is 29.5 Å². The van der Waals surface area contributed by atoms with Gasteiger partial charge >= 0.3 is 0 Å². The minimum Gasteiger partial charge on any atom is -0.353 e. The van der Waals surface area contributed by atoms with Gasteiger partial charge in [-0.1, -0.05) is 36.9 Å². The van der Waals surface area contributed by atoms with Gasteiger partial charge in [0.1, 0.15) is 5.72 Å². The molecular formula is C14H15NO2. The van der Waals surface area contributed by atoms with Crippen LogP contribution in [-0.2, 0) is 9.53 Å². The Morgan fingerprint density at radius 3 is 2.82 bits per heavy atom. The smallest absolute Gasteiger partial charge is 0.252 e. The number of carbonyl (C=O) groups is 1. The first-order valence-electron chi connectivity index (χ1n) is 5.82. The van der Waals surface area contributed by atoms with Gasteiger partial charge in [-0.05, 0) is 12.5 Å². The summed E-state index contributed by atoms with van der Waals surface area (Å²) in [4.78, 5) is 14.0. The number of fused-ring (bicyclic) bond motifs is 1. The third kappa shape index (κ3) is 1.42. The predicted molar refractivity (Wildman–Crippen MR) is 64.1 cm³/mol. The van der Waals surface area contributed by atoms with E-state index in [-0.39, 0.29) is 11.9 Å². The molecule has 1 aromatic rings. The molecule has 0 bridgehead atoms. The summed E-state index contributed by atoms with van der Waals surface area (Å²) >= 11 is 0. The number of amides is 1. The van der Waals surface area contributed by atoms with Gasteiger partial charge in [-0.3, -0.25) is 4.79 Å². The molecule has 3 nitrogen and oxygen atoms in total. The van der Waals surface area contributed by atoms with Gasteiger partial charge in [-0.2, -0.15) is 0 Å². The monoisotopic (exact) mass is 229 g/mol. The zero-order valence-corrected chi connectivity index (χ0v) is 9.85. The van der Waals surface area contributed by atoms with Crippen LogP contribution in [0.4, 0.5) is 0 Å². The highest BCUT2D eigenvalue weighted by atomic mass is 16.5. The van der Waals surface area contributed by atoms with Crippen molar-refractivity contribution in [1.29, 1.82) is 0 Å². The summed E-state index contributed by atoms with van der Waals surface area (Å²) in [6, 6.07) is 10.0. The van der Waals surface area contributed by atoms with Crippen molar-refractivity contribution in [2.45, 2.75) is 25.1 Å². The van der Waals surface area contributed by atoms with Crippen molar-refractivity contribution in [3.05, 3.63) is 48.0 Å². The Hall–Kier alpha value is -1.61. The third-order valence-electron chi connectivity index (χ3n) is 3.62. The molecule has 2 aliphatic heterocycles. The van der Waals surface area contributed by atoms with E-state index in [9.17, 15) is 4.79 Å². The summed E-state index contributed by atoms with van der Waals surface area (Å²) < 4.78 is 5.82. The number of hydrogen-bond acceptors (Lipinski definition) is 2. The van der Waals surface area contributed by atoms with Crippen LogP contribution in [0.25, 0.3) is 0 Å². The van der Waals surface area contributed by atoms with E-state index in [2.05, 4.69) is 6.58 Å². The van der Waals surface area contributed by atoms with Crippen molar-refractivity contribution in [2.24, 2.45) is 0 Å². The van der Waals surface area contributed by atoms with Gasteiger partial charge in [0.15, 0.2) is 0 Å². The fourth-order valence-electron chi connectivity index (χ4n) is 2.79. The van der Waals surface area contributed by atoms with E-state index in [4.69, 9.17) is 4.74 Å². The van der Waals surface area contributed by atoms with Crippen molar-refractivity contribution < 1.29 is 9.53 Å². The van der Waals surface area contributed by atoms with Gasteiger partial charge in [0.2, 0.25) is 0 Å². The fraction of sp³-hybridized carbons (Fsp3) is 0.357. The Kier molecular flexibility index (Phi) is 2.13. The van der Waals surface area contributed by atoms with Crippen molar-refractivity contribution in [3.8, 4) is 0 Å². The minimum atomic E-state index is -0.491. The Morgan fingerprint density at radius 1 is 1.41 bits per heavy atom. The van der Waals surface area contributed by atoms with Crippen LogP contribution in [0.15, 0.2) is 42.5 Å². The van der Waals surface area contributed by atoms with E-state index >= 15 is 0 Å². The molecular weight excluding hydrogens is 214 g/mol. The van der Waals surface area contributed by atoms with Gasteiger partial charge in [-0.25, -0.2) is 0 Å². The van der Waals surface area contributed by atoms with Crippen LogP contribution in [0.1, 0.15) is 24.9 Å². The summed E-state index contributed by atoms with van der Waals surface area (Å²) in [5, 5.41) is 0. The van der Waals surface area contributed by atoms with Crippen LogP contribution < -0.4 is 0 Å². The Morgan fingerprint density at radius 2 is 2.12 bits per heavy atom. The third-order valence-corrected chi connectivity index (χ3v) is 3.62. The maximum atomic E-state index is 12.1. The van der Waals surface area contributed by atoms with Gasteiger partial charge < -0.3 is 9.64 Å². The Labute approximate surface area is 101 Å². The number of ether oxygens (including phenoxy) is 1. The molecule has 2 heterocycles. The van der Waals surface area contributed by atoms with Crippen molar-refractivity contribution >= 4 is 5.91 Å². The van der Waals surface area contributed by atoms with Crippen LogP contribution >= 0.6 is 0 Å². The molecule has 3 rings (SSSR count). The number of hydrogen-bond donors (Lipinski definition) is 0. The van der Waals surface area contributed by atoms with Crippen molar-refractivity contribution in [3.63, 3.8) is 0 Å². The molecule has 2 saturated heterocycles. The predicted octanol–water partition coefficient (Wildman–Crippen LogP) is 2.26. The second-order valence-electron chi connectivity index (χ2n) is 4.87. The maximum absolute atomic E-state index is 12.1. The summed E-state index contributed by atoms with van der Waals surface area (Å²) in [5.41, 5.74) is 1.28. The van der Waals surface area contributed by atoms with Gasteiger partial charge in [0.05, 0.1) is 12.6 Å². The van der Waals surface area contributed by atoms with Gasteiger partial charge in [-0.15, -0.1) is 0 Å². The van der Waals surface area contributed by atoms with E-state index < -0.39 is 5.72 Å². The zero-order valence-electron chi connectivity index (χ0n) is 9.85. The Balaban J connectivity index is 2.00. The van der Waals surface area contributed by atoms with Crippen molar-refractivity contribution in [1.82, 2.24) is 4.90 Å². The largest absolute Gasteiger partial charge is 0.353 e. The standard InChI is InChI=1S/C14H15NO2/c1-10-8-14(2)15(13(10)16)12(9-17-14)11-6-4-3-5-7-11/h3-7,12H,1,8-9H2,2H3. The highest BCUT2D eigenvalue weighted by molar-refractivity contribution is 5.96. The molecule has 0 saturated carbocycles. The number of rotatable bonds is 1. The number of carbonyl (C=O) groups excluding carboxylic acids is 1. The lowest BCUT2D eigenvalue weighted by molar-refractivity contribution is -0.135. The van der Waals surface area contributed by atoms with E-state index in [1.807, 2.05) is 42.2 Å². The number of nitrogens with zero attached hydrogens (tertiary/aromatic N) is 1. The molecule has 2 fully saturated rings. The molecule has 0 spiro atoms. The first-order chi connectivity index (χ1) is 8.12. The molecule has 1 amide bonds. The van der Waals surface area contributed by atoms with Crippen LogP contribution in [0.3, 0.4) is 0 Å². The van der Waals surface area contributed by atoms with Crippen LogP contribution in [0.5, 0.6) is 0 Å². The lowest BCUT2D eigenvalue weighted by atomic mass is 10.1. The molecule has 1 aromatic carbocycles. The normalized spacial score (nSPS) is 32.1. The molecule has 2 aliphatic rings. The molecule has 0 aliphatic carbocycles. The van der Waals surface area contributed by atoms with Crippen LogP contribution in [0, 0.1) is 0 Å². The summed E-state index contributed by atoms with van der Waals surface area (Å²) in [7, 11) is 0. The first-order valence-corrected chi connectivity index (χ1v) is 5.82. The van der Waals surface area contributed by atoms with E-state index in [0.29, 0.717) is 18.6 Å². The maximum Gasteiger partial charge on any atom is 0.252 e. The van der Waals surface area contributed by atoms with E-state index in [1.54, 1.807) is 0 Å². The molecule has 0 aromatic heterocycles. The van der Waals surface area contributed by atoms with E-state index in [0.717, 1.165) is 5.56 Å². The molecule has 0 radical (unpaired) electrons. The average molecular weight is 229 g/mol. The molecule has 88 valence electrons. The Bertz CT molecular complexity index is 482. The SMILES string of the molecule is C=C1CC2(C)OCC(c3ccccc3)N2C1=O. The highest BCUT2D eigenvalue weighted by Gasteiger charge is 2.53. The lowest BCUT2D eigenvalue weighted by Crippen LogP contribution is -2.39. The summed E-state index contributed by atoms with van der Waals surface area (Å²) in [5.74, 6) is 0.0267. The highest BCUT2D eigenvalue weighted by Crippen LogP contribution is 2.45. The fourth-order valence-corrected chi connectivity index (χ4v) is 2.79.